The molecule has 0 atom stereocenters. The molecular weight excluding hydrogens is 320 g/mol. The first kappa shape index (κ1) is 12.8. The van der Waals surface area contributed by atoms with E-state index in [0.717, 1.165) is 21.5 Å². The van der Waals surface area contributed by atoms with Crippen molar-refractivity contribution in [1.29, 1.82) is 0 Å². The number of rotatable bonds is 3. The molecule has 100 valence electrons. The molecule has 0 aliphatic carbocycles. The summed E-state index contributed by atoms with van der Waals surface area (Å²) < 4.78 is 2.70. The summed E-state index contributed by atoms with van der Waals surface area (Å²) in [6.45, 7) is 0. The standard InChI is InChI=1S/C14H11BrN4O/c15-12-8-17-13-4-3-11(9-19(12)13)18-14(20)6-10-2-1-5-16-7-10/h1-5,7-9H,6H2,(H,18,20). The third-order valence-electron chi connectivity index (χ3n) is 2.83. The molecule has 0 fully saturated rings. The van der Waals surface area contributed by atoms with Gasteiger partial charge in [-0.1, -0.05) is 6.07 Å². The number of amides is 1. The zero-order chi connectivity index (χ0) is 13.9. The number of carbonyl (C=O) groups excluding carboxylic acids is 1. The zero-order valence-electron chi connectivity index (χ0n) is 10.5. The molecular formula is C14H11BrN4O. The quantitative estimate of drug-likeness (QED) is 0.803. The van der Waals surface area contributed by atoms with Crippen LogP contribution in [-0.4, -0.2) is 20.3 Å². The summed E-state index contributed by atoms with van der Waals surface area (Å²) in [7, 11) is 0. The van der Waals surface area contributed by atoms with Gasteiger partial charge in [-0.3, -0.25) is 14.2 Å². The number of anilines is 1. The van der Waals surface area contributed by atoms with Gasteiger partial charge >= 0.3 is 0 Å². The van der Waals surface area contributed by atoms with Crippen LogP contribution in [0.1, 0.15) is 5.56 Å². The molecule has 0 bridgehead atoms. The fourth-order valence-corrected chi connectivity index (χ4v) is 2.30. The molecule has 1 amide bonds. The Morgan fingerprint density at radius 3 is 3.00 bits per heavy atom. The van der Waals surface area contributed by atoms with E-state index in [4.69, 9.17) is 0 Å². The molecule has 0 saturated carbocycles. The second kappa shape index (κ2) is 5.42. The average molecular weight is 331 g/mol. The van der Waals surface area contributed by atoms with Gasteiger partial charge in [0.05, 0.1) is 18.3 Å². The van der Waals surface area contributed by atoms with Gasteiger partial charge in [0.25, 0.3) is 0 Å². The topological polar surface area (TPSA) is 59.3 Å². The van der Waals surface area contributed by atoms with Crippen LogP contribution < -0.4 is 5.32 Å². The number of halogens is 1. The Kier molecular flexibility index (Phi) is 3.47. The molecule has 3 aromatic rings. The van der Waals surface area contributed by atoms with Crippen LogP contribution in [0.5, 0.6) is 0 Å². The third-order valence-corrected chi connectivity index (χ3v) is 3.42. The SMILES string of the molecule is O=C(Cc1cccnc1)Nc1ccc2ncc(Br)n2c1. The van der Waals surface area contributed by atoms with Gasteiger partial charge in [-0.25, -0.2) is 4.98 Å². The maximum atomic E-state index is 12.0. The summed E-state index contributed by atoms with van der Waals surface area (Å²) in [5, 5.41) is 2.86. The van der Waals surface area contributed by atoms with Crippen molar-refractivity contribution in [1.82, 2.24) is 14.4 Å². The fraction of sp³-hybridized carbons (Fsp3) is 0.0714. The number of carbonyl (C=O) groups is 1. The first-order chi connectivity index (χ1) is 9.72. The smallest absolute Gasteiger partial charge is 0.228 e. The van der Waals surface area contributed by atoms with Crippen molar-refractivity contribution in [2.45, 2.75) is 6.42 Å². The minimum Gasteiger partial charge on any atom is -0.324 e. The number of imidazole rings is 1. The van der Waals surface area contributed by atoms with E-state index in [-0.39, 0.29) is 5.91 Å². The first-order valence-electron chi connectivity index (χ1n) is 6.04. The summed E-state index contributed by atoms with van der Waals surface area (Å²) in [4.78, 5) is 20.2. The highest BCUT2D eigenvalue weighted by Crippen LogP contribution is 2.16. The van der Waals surface area contributed by atoms with Gasteiger partial charge in [0.1, 0.15) is 10.3 Å². The number of aromatic nitrogens is 3. The number of pyridine rings is 2. The molecule has 1 N–H and O–H groups in total. The van der Waals surface area contributed by atoms with Crippen molar-refractivity contribution in [3.63, 3.8) is 0 Å². The molecule has 3 aromatic heterocycles. The van der Waals surface area contributed by atoms with Gasteiger partial charge in [0.2, 0.25) is 5.91 Å². The number of hydrogen-bond donors (Lipinski definition) is 1. The Hall–Kier alpha value is -2.21. The third kappa shape index (κ3) is 2.70. The van der Waals surface area contributed by atoms with Gasteiger partial charge in [-0.05, 0) is 39.7 Å². The Morgan fingerprint density at radius 2 is 2.20 bits per heavy atom. The highest BCUT2D eigenvalue weighted by Gasteiger charge is 2.06. The highest BCUT2D eigenvalue weighted by molar-refractivity contribution is 9.10. The van der Waals surface area contributed by atoms with Crippen LogP contribution in [0.2, 0.25) is 0 Å². The van der Waals surface area contributed by atoms with Gasteiger partial charge < -0.3 is 5.32 Å². The molecule has 0 unspecified atom stereocenters. The zero-order valence-corrected chi connectivity index (χ0v) is 12.0. The van der Waals surface area contributed by atoms with E-state index in [1.807, 2.05) is 34.9 Å². The molecule has 3 heterocycles. The number of nitrogens with zero attached hydrogens (tertiary/aromatic N) is 3. The van der Waals surface area contributed by atoms with Crippen molar-refractivity contribution in [2.24, 2.45) is 0 Å². The number of nitrogens with one attached hydrogen (secondary N) is 1. The second-order valence-electron chi connectivity index (χ2n) is 4.31. The van der Waals surface area contributed by atoms with E-state index in [0.29, 0.717) is 6.42 Å². The molecule has 20 heavy (non-hydrogen) atoms. The molecule has 5 nitrogen and oxygen atoms in total. The maximum absolute atomic E-state index is 12.0. The summed E-state index contributed by atoms with van der Waals surface area (Å²) in [5.41, 5.74) is 2.43. The van der Waals surface area contributed by atoms with E-state index in [9.17, 15) is 4.79 Å². The van der Waals surface area contributed by atoms with Crippen molar-refractivity contribution >= 4 is 33.2 Å². The van der Waals surface area contributed by atoms with E-state index < -0.39 is 0 Å². The van der Waals surface area contributed by atoms with Gasteiger partial charge in [-0.15, -0.1) is 0 Å². The number of fused-ring (bicyclic) bond motifs is 1. The average Bonchev–Trinajstić information content (AvgIpc) is 2.81. The minimum atomic E-state index is -0.0754. The van der Waals surface area contributed by atoms with Crippen molar-refractivity contribution in [3.8, 4) is 0 Å². The number of hydrogen-bond acceptors (Lipinski definition) is 3. The van der Waals surface area contributed by atoms with Crippen molar-refractivity contribution < 1.29 is 4.79 Å². The van der Waals surface area contributed by atoms with Crippen molar-refractivity contribution in [2.75, 3.05) is 5.32 Å². The Morgan fingerprint density at radius 1 is 1.30 bits per heavy atom. The molecule has 0 aliphatic rings. The molecule has 6 heteroatoms. The van der Waals surface area contributed by atoms with Crippen molar-refractivity contribution in [3.05, 3.63) is 59.2 Å². The van der Waals surface area contributed by atoms with E-state index >= 15 is 0 Å². The van der Waals surface area contributed by atoms with Gasteiger partial charge in [-0.2, -0.15) is 0 Å². The second-order valence-corrected chi connectivity index (χ2v) is 5.13. The summed E-state index contributed by atoms with van der Waals surface area (Å²) in [6, 6.07) is 7.37. The molecule has 0 aromatic carbocycles. The fourth-order valence-electron chi connectivity index (χ4n) is 1.92. The van der Waals surface area contributed by atoms with Gasteiger partial charge in [0.15, 0.2) is 0 Å². The molecule has 0 radical (unpaired) electrons. The maximum Gasteiger partial charge on any atom is 0.228 e. The normalized spacial score (nSPS) is 10.7. The lowest BCUT2D eigenvalue weighted by Gasteiger charge is -2.06. The summed E-state index contributed by atoms with van der Waals surface area (Å²) in [6.07, 6.45) is 7.22. The Labute approximate surface area is 123 Å². The van der Waals surface area contributed by atoms with Crippen LogP contribution in [0, 0.1) is 0 Å². The predicted octanol–water partition coefficient (Wildman–Crippen LogP) is 2.67. The minimum absolute atomic E-state index is 0.0754. The Bertz CT molecular complexity index is 754. The van der Waals surface area contributed by atoms with Crippen LogP contribution in [0.25, 0.3) is 5.65 Å². The molecule has 3 rings (SSSR count). The Balaban J connectivity index is 1.75. The lowest BCUT2D eigenvalue weighted by atomic mass is 10.2. The first-order valence-corrected chi connectivity index (χ1v) is 6.83. The van der Waals surface area contributed by atoms with E-state index in [1.165, 1.54) is 0 Å². The molecule has 0 spiro atoms. The van der Waals surface area contributed by atoms with Crippen LogP contribution in [0.4, 0.5) is 5.69 Å². The van der Waals surface area contributed by atoms with Crippen LogP contribution in [0.15, 0.2) is 53.7 Å². The van der Waals surface area contributed by atoms with Crippen LogP contribution >= 0.6 is 15.9 Å². The highest BCUT2D eigenvalue weighted by atomic mass is 79.9. The lowest BCUT2D eigenvalue weighted by molar-refractivity contribution is -0.115. The summed E-state index contributed by atoms with van der Waals surface area (Å²) >= 11 is 3.40. The molecule has 0 saturated heterocycles. The van der Waals surface area contributed by atoms with E-state index in [1.54, 1.807) is 18.6 Å². The van der Waals surface area contributed by atoms with Gasteiger partial charge in [0, 0.05) is 18.6 Å². The predicted molar refractivity (Wildman–Crippen MR) is 79.5 cm³/mol. The lowest BCUT2D eigenvalue weighted by Crippen LogP contribution is -2.14. The van der Waals surface area contributed by atoms with E-state index in [2.05, 4.69) is 31.2 Å². The van der Waals surface area contributed by atoms with Crippen LogP contribution in [-0.2, 0) is 11.2 Å². The monoisotopic (exact) mass is 330 g/mol. The molecule has 0 aliphatic heterocycles. The summed E-state index contributed by atoms with van der Waals surface area (Å²) in [5.74, 6) is -0.0754. The van der Waals surface area contributed by atoms with Crippen LogP contribution in [0.3, 0.4) is 0 Å². The largest absolute Gasteiger partial charge is 0.324 e.